The monoisotopic (exact) mass is 326 g/mol. The number of carboxylic acid groups (broad SMARTS) is 1. The van der Waals surface area contributed by atoms with Crippen molar-refractivity contribution in [2.75, 3.05) is 0 Å². The van der Waals surface area contributed by atoms with E-state index in [0.29, 0.717) is 21.1 Å². The molecule has 22 heavy (non-hydrogen) atoms. The Labute approximate surface area is 126 Å². The molecule has 0 unspecified atom stereocenters. The van der Waals surface area contributed by atoms with Crippen LogP contribution in [0.2, 0.25) is 0 Å². The van der Waals surface area contributed by atoms with Crippen LogP contribution in [0, 0.1) is 0 Å². The van der Waals surface area contributed by atoms with Crippen LogP contribution in [0.3, 0.4) is 0 Å². The van der Waals surface area contributed by atoms with Crippen molar-refractivity contribution in [3.05, 3.63) is 47.1 Å². The van der Waals surface area contributed by atoms with Gasteiger partial charge in [-0.25, -0.2) is 4.98 Å². The number of hydrogen-bond donors (Lipinski definition) is 1. The molecule has 3 aromatic rings. The number of carboxylic acids is 1. The molecule has 0 bridgehead atoms. The molecule has 2 heterocycles. The second-order valence-corrected chi connectivity index (χ2v) is 5.75. The number of halogens is 3. The van der Waals surface area contributed by atoms with Crippen LogP contribution in [0.4, 0.5) is 13.2 Å². The van der Waals surface area contributed by atoms with Gasteiger partial charge in [0.2, 0.25) is 0 Å². The zero-order chi connectivity index (χ0) is 15.9. The smallest absolute Gasteiger partial charge is 0.416 e. The topological polar surface area (TPSA) is 54.6 Å². The van der Waals surface area contributed by atoms with Gasteiger partial charge in [-0.2, -0.15) is 13.2 Å². The third kappa shape index (κ3) is 2.82. The zero-order valence-electron chi connectivity index (χ0n) is 11.0. The van der Waals surface area contributed by atoms with Crippen molar-refractivity contribution in [3.8, 4) is 11.3 Å². The lowest BCUT2D eigenvalue weighted by Gasteiger charge is -2.06. The number of aliphatic carboxylic acids is 1. The molecule has 3 rings (SSSR count). The summed E-state index contributed by atoms with van der Waals surface area (Å²) in [4.78, 5) is 16.2. The van der Waals surface area contributed by atoms with Crippen molar-refractivity contribution in [2.24, 2.45) is 0 Å². The summed E-state index contributed by atoms with van der Waals surface area (Å²) in [7, 11) is 0. The highest BCUT2D eigenvalue weighted by Crippen LogP contribution is 2.31. The molecular formula is C14H9F3N2O2S. The second kappa shape index (κ2) is 5.13. The fourth-order valence-electron chi connectivity index (χ4n) is 2.04. The van der Waals surface area contributed by atoms with E-state index in [2.05, 4.69) is 4.98 Å². The van der Waals surface area contributed by atoms with Crippen molar-refractivity contribution < 1.29 is 23.1 Å². The predicted octanol–water partition coefficient (Wildman–Crippen LogP) is 3.71. The summed E-state index contributed by atoms with van der Waals surface area (Å²) >= 11 is 1.24. The van der Waals surface area contributed by atoms with Crippen LogP contribution >= 0.6 is 11.3 Å². The van der Waals surface area contributed by atoms with Crippen LogP contribution in [0.5, 0.6) is 0 Å². The van der Waals surface area contributed by atoms with Gasteiger partial charge in [-0.3, -0.25) is 9.20 Å². The van der Waals surface area contributed by atoms with Gasteiger partial charge in [0.15, 0.2) is 4.96 Å². The Morgan fingerprint density at radius 1 is 1.23 bits per heavy atom. The molecule has 0 aliphatic carbocycles. The van der Waals surface area contributed by atoms with Crippen molar-refractivity contribution in [3.63, 3.8) is 0 Å². The van der Waals surface area contributed by atoms with Crippen molar-refractivity contribution in [1.29, 1.82) is 0 Å². The van der Waals surface area contributed by atoms with E-state index in [-0.39, 0.29) is 6.42 Å². The molecule has 0 radical (unpaired) electrons. The number of imidazole rings is 1. The number of thiazole rings is 1. The van der Waals surface area contributed by atoms with Gasteiger partial charge in [0.05, 0.1) is 17.7 Å². The van der Waals surface area contributed by atoms with E-state index < -0.39 is 17.7 Å². The highest BCUT2D eigenvalue weighted by Gasteiger charge is 2.30. The summed E-state index contributed by atoms with van der Waals surface area (Å²) in [5.74, 6) is -0.924. The van der Waals surface area contributed by atoms with Gasteiger partial charge in [-0.15, -0.1) is 11.3 Å². The normalized spacial score (nSPS) is 12.0. The Morgan fingerprint density at radius 2 is 1.91 bits per heavy atom. The molecule has 0 fully saturated rings. The average Bonchev–Trinajstić information content (AvgIpc) is 2.95. The number of nitrogens with zero attached hydrogens (tertiary/aromatic N) is 2. The molecular weight excluding hydrogens is 317 g/mol. The van der Waals surface area contributed by atoms with E-state index in [1.54, 1.807) is 16.8 Å². The van der Waals surface area contributed by atoms with Crippen molar-refractivity contribution in [2.45, 2.75) is 12.6 Å². The first kappa shape index (κ1) is 14.6. The second-order valence-electron chi connectivity index (χ2n) is 4.66. The minimum atomic E-state index is -4.36. The highest BCUT2D eigenvalue weighted by molar-refractivity contribution is 7.17. The SMILES string of the molecule is O=C(O)Cc1cn2cc(-c3ccc(C(F)(F)F)cc3)nc2s1. The Kier molecular flexibility index (Phi) is 3.40. The lowest BCUT2D eigenvalue weighted by Crippen LogP contribution is -2.03. The maximum absolute atomic E-state index is 12.5. The first-order chi connectivity index (χ1) is 10.3. The fraction of sp³-hybridized carbons (Fsp3) is 0.143. The minimum Gasteiger partial charge on any atom is -0.481 e. The summed E-state index contributed by atoms with van der Waals surface area (Å²) in [5.41, 5.74) is 0.409. The maximum Gasteiger partial charge on any atom is 0.416 e. The molecule has 0 spiro atoms. The number of benzene rings is 1. The summed E-state index contributed by atoms with van der Waals surface area (Å²) in [5, 5.41) is 8.74. The van der Waals surface area contributed by atoms with Gasteiger partial charge < -0.3 is 5.11 Å². The largest absolute Gasteiger partial charge is 0.481 e. The number of hydrogen-bond acceptors (Lipinski definition) is 3. The van der Waals surface area contributed by atoms with E-state index in [4.69, 9.17) is 5.11 Å². The molecule has 0 atom stereocenters. The average molecular weight is 326 g/mol. The van der Waals surface area contributed by atoms with Gasteiger partial charge >= 0.3 is 12.1 Å². The van der Waals surface area contributed by atoms with Crippen LogP contribution in [0.25, 0.3) is 16.2 Å². The first-order valence-electron chi connectivity index (χ1n) is 6.20. The minimum absolute atomic E-state index is 0.0797. The molecule has 4 nitrogen and oxygen atoms in total. The molecule has 0 aliphatic heterocycles. The molecule has 2 aromatic heterocycles. The predicted molar refractivity (Wildman–Crippen MR) is 74.8 cm³/mol. The van der Waals surface area contributed by atoms with E-state index in [9.17, 15) is 18.0 Å². The lowest BCUT2D eigenvalue weighted by molar-refractivity contribution is -0.138. The molecule has 0 saturated heterocycles. The first-order valence-corrected chi connectivity index (χ1v) is 7.01. The molecule has 1 N–H and O–H groups in total. The number of rotatable bonds is 3. The quantitative estimate of drug-likeness (QED) is 0.798. The lowest BCUT2D eigenvalue weighted by atomic mass is 10.1. The van der Waals surface area contributed by atoms with Gasteiger partial charge in [-0.05, 0) is 12.1 Å². The summed E-state index contributed by atoms with van der Waals surface area (Å²) in [6.45, 7) is 0. The van der Waals surface area contributed by atoms with E-state index >= 15 is 0 Å². The Bertz CT molecular complexity index is 803. The van der Waals surface area contributed by atoms with Crippen LogP contribution in [0.15, 0.2) is 36.7 Å². The number of alkyl halides is 3. The van der Waals surface area contributed by atoms with Gasteiger partial charge in [0.1, 0.15) is 0 Å². The fourth-order valence-corrected chi connectivity index (χ4v) is 2.99. The van der Waals surface area contributed by atoms with Crippen molar-refractivity contribution in [1.82, 2.24) is 9.38 Å². The van der Waals surface area contributed by atoms with E-state index in [1.165, 1.54) is 23.5 Å². The molecule has 8 heteroatoms. The Hall–Kier alpha value is -2.35. The third-order valence-electron chi connectivity index (χ3n) is 3.04. The van der Waals surface area contributed by atoms with Gasteiger partial charge in [0.25, 0.3) is 0 Å². The number of carbonyl (C=O) groups is 1. The Balaban J connectivity index is 1.90. The van der Waals surface area contributed by atoms with E-state index in [1.807, 2.05) is 0 Å². The third-order valence-corrected chi connectivity index (χ3v) is 4.03. The Morgan fingerprint density at radius 3 is 2.45 bits per heavy atom. The van der Waals surface area contributed by atoms with Crippen LogP contribution in [-0.2, 0) is 17.4 Å². The van der Waals surface area contributed by atoms with Gasteiger partial charge in [0, 0.05) is 22.8 Å². The molecule has 114 valence electrons. The summed E-state index contributed by atoms with van der Waals surface area (Å²) < 4.78 is 39.2. The zero-order valence-corrected chi connectivity index (χ0v) is 11.8. The molecule has 0 saturated carbocycles. The summed E-state index contributed by atoms with van der Waals surface area (Å²) in [6, 6.07) is 4.76. The van der Waals surface area contributed by atoms with Crippen LogP contribution in [0.1, 0.15) is 10.4 Å². The van der Waals surface area contributed by atoms with E-state index in [0.717, 1.165) is 12.1 Å². The number of aromatic nitrogens is 2. The van der Waals surface area contributed by atoms with Crippen LogP contribution in [-0.4, -0.2) is 20.5 Å². The molecule has 0 amide bonds. The highest BCUT2D eigenvalue weighted by atomic mass is 32.1. The molecule has 1 aromatic carbocycles. The standard InChI is InChI=1S/C14H9F3N2O2S/c15-14(16,17)9-3-1-8(2-4-9)11-7-19-6-10(5-12(20)21)22-13(19)18-11/h1-4,6-7H,5H2,(H,20,21). The van der Waals surface area contributed by atoms with Gasteiger partial charge in [-0.1, -0.05) is 12.1 Å². The van der Waals surface area contributed by atoms with Crippen molar-refractivity contribution >= 4 is 22.3 Å². The molecule has 0 aliphatic rings. The summed E-state index contributed by atoms with van der Waals surface area (Å²) in [6.07, 6.45) is -1.11. The number of fused-ring (bicyclic) bond motifs is 1. The maximum atomic E-state index is 12.5. The van der Waals surface area contributed by atoms with Crippen LogP contribution < -0.4 is 0 Å².